The molecule has 5 rings (SSSR count). The summed E-state index contributed by atoms with van der Waals surface area (Å²) < 4.78 is 2.24. The highest BCUT2D eigenvalue weighted by Crippen LogP contribution is 2.49. The molecule has 4 aromatic rings. The molecular weight excluding hydrogens is 348 g/mol. The second-order valence-electron chi connectivity index (χ2n) is 6.71. The molecule has 0 unspecified atom stereocenters. The summed E-state index contributed by atoms with van der Waals surface area (Å²) in [6.45, 7) is 0.951. The maximum atomic E-state index is 10.6. The summed E-state index contributed by atoms with van der Waals surface area (Å²) >= 11 is 6.37. The highest BCUT2D eigenvalue weighted by Gasteiger charge is 2.26. The SMILES string of the molecule is Oc1[nH]c(O)c(-c2cn3c4c(cccc24)CCC3)c1-c1ccccc1Cl. The van der Waals surface area contributed by atoms with E-state index in [1.165, 1.54) is 11.1 Å². The molecule has 0 aliphatic carbocycles. The van der Waals surface area contributed by atoms with Gasteiger partial charge in [-0.1, -0.05) is 48.0 Å². The molecule has 2 aromatic carbocycles. The van der Waals surface area contributed by atoms with Crippen molar-refractivity contribution in [3.63, 3.8) is 0 Å². The molecule has 3 N–H and O–H groups in total. The predicted octanol–water partition coefficient (Wildman–Crippen LogP) is 5.31. The Kier molecular flexibility index (Phi) is 3.31. The van der Waals surface area contributed by atoms with Crippen molar-refractivity contribution in [2.45, 2.75) is 19.4 Å². The van der Waals surface area contributed by atoms with Crippen LogP contribution in [0.4, 0.5) is 0 Å². The van der Waals surface area contributed by atoms with E-state index in [1.807, 2.05) is 18.2 Å². The Hall–Kier alpha value is -2.85. The summed E-state index contributed by atoms with van der Waals surface area (Å²) in [5.74, 6) is -0.140. The summed E-state index contributed by atoms with van der Waals surface area (Å²) in [4.78, 5) is 2.67. The number of aromatic hydroxyl groups is 2. The van der Waals surface area contributed by atoms with Gasteiger partial charge in [-0.25, -0.2) is 0 Å². The van der Waals surface area contributed by atoms with Crippen LogP contribution in [0.15, 0.2) is 48.7 Å². The van der Waals surface area contributed by atoms with E-state index in [-0.39, 0.29) is 11.8 Å². The van der Waals surface area contributed by atoms with E-state index in [2.05, 4.69) is 33.9 Å². The summed E-state index contributed by atoms with van der Waals surface area (Å²) in [7, 11) is 0. The molecule has 1 aliphatic rings. The Bertz CT molecular complexity index is 1160. The number of benzene rings is 2. The van der Waals surface area contributed by atoms with Crippen LogP contribution in [0.1, 0.15) is 12.0 Å². The van der Waals surface area contributed by atoms with Gasteiger partial charge >= 0.3 is 0 Å². The summed E-state index contributed by atoms with van der Waals surface area (Å²) in [5.41, 5.74) is 5.21. The van der Waals surface area contributed by atoms with Gasteiger partial charge in [0.05, 0.1) is 16.6 Å². The number of para-hydroxylation sites is 1. The number of H-pyrrole nitrogens is 1. The van der Waals surface area contributed by atoms with E-state index in [4.69, 9.17) is 11.6 Å². The topological polar surface area (TPSA) is 61.2 Å². The number of aromatic amines is 1. The van der Waals surface area contributed by atoms with Gasteiger partial charge < -0.3 is 14.8 Å². The fraction of sp³-hybridized carbons (Fsp3) is 0.143. The van der Waals surface area contributed by atoms with Crippen molar-refractivity contribution in [3.05, 3.63) is 59.2 Å². The molecule has 0 saturated heterocycles. The van der Waals surface area contributed by atoms with Crippen molar-refractivity contribution in [1.82, 2.24) is 9.55 Å². The number of hydrogen-bond donors (Lipinski definition) is 3. The molecule has 0 radical (unpaired) electrons. The number of aromatic nitrogens is 2. The summed E-state index contributed by atoms with van der Waals surface area (Å²) in [6.07, 6.45) is 4.22. The minimum absolute atomic E-state index is 0.0545. The zero-order chi connectivity index (χ0) is 17.8. The Balaban J connectivity index is 1.85. The van der Waals surface area contributed by atoms with E-state index in [9.17, 15) is 10.2 Å². The molecule has 5 heteroatoms. The van der Waals surface area contributed by atoms with Crippen LogP contribution >= 0.6 is 11.6 Å². The van der Waals surface area contributed by atoms with Crippen molar-refractivity contribution >= 4 is 22.5 Å². The molecule has 0 fully saturated rings. The lowest BCUT2D eigenvalue weighted by Crippen LogP contribution is -2.05. The van der Waals surface area contributed by atoms with Crippen molar-refractivity contribution in [2.24, 2.45) is 0 Å². The third-order valence-electron chi connectivity index (χ3n) is 5.20. The lowest BCUT2D eigenvalue weighted by Gasteiger charge is -2.14. The number of nitrogens with zero attached hydrogens (tertiary/aromatic N) is 1. The van der Waals surface area contributed by atoms with Crippen LogP contribution in [-0.2, 0) is 13.0 Å². The predicted molar refractivity (Wildman–Crippen MR) is 104 cm³/mol. The number of nitrogens with one attached hydrogen (secondary N) is 1. The highest BCUT2D eigenvalue weighted by atomic mass is 35.5. The lowest BCUT2D eigenvalue weighted by molar-refractivity contribution is 0.426. The molecule has 0 bridgehead atoms. The van der Waals surface area contributed by atoms with Gasteiger partial charge in [0, 0.05) is 34.3 Å². The van der Waals surface area contributed by atoms with E-state index >= 15 is 0 Å². The molecule has 0 saturated carbocycles. The third kappa shape index (κ3) is 2.09. The molecule has 4 nitrogen and oxygen atoms in total. The second kappa shape index (κ2) is 5.58. The highest BCUT2D eigenvalue weighted by molar-refractivity contribution is 6.33. The summed E-state index contributed by atoms with van der Waals surface area (Å²) in [6, 6.07) is 13.6. The molecule has 1 aliphatic heterocycles. The summed E-state index contributed by atoms with van der Waals surface area (Å²) in [5, 5.41) is 22.6. The van der Waals surface area contributed by atoms with E-state index in [0.717, 1.165) is 30.3 Å². The fourth-order valence-electron chi connectivity index (χ4n) is 4.12. The first kappa shape index (κ1) is 15.4. The van der Waals surface area contributed by atoms with Crippen LogP contribution in [0, 0.1) is 0 Å². The standard InChI is InChI=1S/C21H17ClN2O2/c22-16-9-2-1-7-14(16)17-18(21(26)23-20(17)25)15-11-24-10-4-6-12-5-3-8-13(15)19(12)24/h1-3,5,7-9,11,23,25-26H,4,6,10H2. The molecular formula is C21H17ClN2O2. The Morgan fingerprint density at radius 3 is 2.50 bits per heavy atom. The van der Waals surface area contributed by atoms with Crippen LogP contribution in [0.2, 0.25) is 5.02 Å². The van der Waals surface area contributed by atoms with Crippen molar-refractivity contribution in [3.8, 4) is 34.0 Å². The van der Waals surface area contributed by atoms with Gasteiger partial charge in [0.2, 0.25) is 0 Å². The van der Waals surface area contributed by atoms with Gasteiger partial charge in [-0.15, -0.1) is 0 Å². The first-order valence-corrected chi connectivity index (χ1v) is 9.03. The molecule has 0 atom stereocenters. The van der Waals surface area contributed by atoms with Gasteiger partial charge in [0.1, 0.15) is 0 Å². The number of aryl methyl sites for hydroxylation is 2. The molecule has 130 valence electrons. The maximum Gasteiger partial charge on any atom is 0.200 e. The fourth-order valence-corrected chi connectivity index (χ4v) is 4.35. The van der Waals surface area contributed by atoms with Crippen LogP contribution in [-0.4, -0.2) is 19.8 Å². The Morgan fingerprint density at radius 2 is 1.69 bits per heavy atom. The molecule has 2 aromatic heterocycles. The quantitative estimate of drug-likeness (QED) is 0.451. The average molecular weight is 365 g/mol. The number of hydrogen-bond acceptors (Lipinski definition) is 2. The van der Waals surface area contributed by atoms with Crippen molar-refractivity contribution in [1.29, 1.82) is 0 Å². The molecule has 3 heterocycles. The van der Waals surface area contributed by atoms with Crippen molar-refractivity contribution in [2.75, 3.05) is 0 Å². The number of rotatable bonds is 2. The lowest BCUT2D eigenvalue weighted by atomic mass is 9.96. The normalized spacial score (nSPS) is 13.4. The maximum absolute atomic E-state index is 10.6. The van der Waals surface area contributed by atoms with Gasteiger partial charge in [0.15, 0.2) is 11.8 Å². The Morgan fingerprint density at radius 1 is 0.923 bits per heavy atom. The molecule has 0 spiro atoms. The first-order chi connectivity index (χ1) is 12.6. The van der Waals surface area contributed by atoms with Crippen LogP contribution in [0.3, 0.4) is 0 Å². The monoisotopic (exact) mass is 364 g/mol. The van der Waals surface area contributed by atoms with Crippen LogP contribution in [0.5, 0.6) is 11.8 Å². The molecule has 26 heavy (non-hydrogen) atoms. The molecule has 0 amide bonds. The van der Waals surface area contributed by atoms with E-state index in [0.29, 0.717) is 21.7 Å². The number of halogens is 1. The van der Waals surface area contributed by atoms with Gasteiger partial charge in [-0.3, -0.25) is 4.98 Å². The third-order valence-corrected chi connectivity index (χ3v) is 5.53. The van der Waals surface area contributed by atoms with E-state index < -0.39 is 0 Å². The van der Waals surface area contributed by atoms with E-state index in [1.54, 1.807) is 6.07 Å². The smallest absolute Gasteiger partial charge is 0.200 e. The largest absolute Gasteiger partial charge is 0.494 e. The van der Waals surface area contributed by atoms with Crippen LogP contribution in [0.25, 0.3) is 33.2 Å². The van der Waals surface area contributed by atoms with Crippen LogP contribution < -0.4 is 0 Å². The Labute approximate surface area is 155 Å². The minimum atomic E-state index is -0.0856. The first-order valence-electron chi connectivity index (χ1n) is 8.65. The van der Waals surface area contributed by atoms with Gasteiger partial charge in [-0.2, -0.15) is 0 Å². The second-order valence-corrected chi connectivity index (χ2v) is 7.11. The van der Waals surface area contributed by atoms with Gasteiger partial charge in [0.25, 0.3) is 0 Å². The average Bonchev–Trinajstić information content (AvgIpc) is 3.14. The minimum Gasteiger partial charge on any atom is -0.494 e. The van der Waals surface area contributed by atoms with Gasteiger partial charge in [-0.05, 0) is 24.5 Å². The van der Waals surface area contributed by atoms with Crippen molar-refractivity contribution < 1.29 is 10.2 Å². The zero-order valence-corrected chi connectivity index (χ0v) is 14.7. The zero-order valence-electron chi connectivity index (χ0n) is 14.0.